The van der Waals surface area contributed by atoms with Crippen molar-refractivity contribution in [2.24, 2.45) is 11.3 Å². The minimum Gasteiger partial charge on any atom is -0.393 e. The minimum absolute atomic E-state index is 0.0807. The second-order valence-corrected chi connectivity index (χ2v) is 5.73. The number of carbonyl (C=O) groups excluding carboxylic acids is 1. The number of hydrogen-bond donors (Lipinski definition) is 2. The Morgan fingerprint density at radius 1 is 1.50 bits per heavy atom. The molecule has 0 aromatic heterocycles. The van der Waals surface area contributed by atoms with Crippen molar-refractivity contribution in [3.8, 4) is 11.8 Å². The predicted octanol–water partition coefficient (Wildman–Crippen LogP) is 1.66. The smallest absolute Gasteiger partial charge is 0.139 e. The van der Waals surface area contributed by atoms with Gasteiger partial charge in [-0.1, -0.05) is 31.6 Å². The molecule has 0 spiro atoms. The summed E-state index contributed by atoms with van der Waals surface area (Å²) in [7, 11) is 0. The van der Waals surface area contributed by atoms with Gasteiger partial charge >= 0.3 is 0 Å². The largest absolute Gasteiger partial charge is 0.393 e. The first kappa shape index (κ1) is 13.6. The Kier molecular flexibility index (Phi) is 4.09. The van der Waals surface area contributed by atoms with E-state index in [-0.39, 0.29) is 17.1 Å². The second kappa shape index (κ2) is 5.42. The Labute approximate surface area is 109 Å². The van der Waals surface area contributed by atoms with Gasteiger partial charge < -0.3 is 10.2 Å². The fourth-order valence-electron chi connectivity index (χ4n) is 3.15. The van der Waals surface area contributed by atoms with Gasteiger partial charge in [0.15, 0.2) is 0 Å². The molecule has 0 aromatic rings. The molecule has 3 heteroatoms. The fourth-order valence-corrected chi connectivity index (χ4v) is 3.15. The van der Waals surface area contributed by atoms with E-state index in [1.54, 1.807) is 0 Å². The molecule has 18 heavy (non-hydrogen) atoms. The third-order valence-corrected chi connectivity index (χ3v) is 4.22. The van der Waals surface area contributed by atoms with Crippen LogP contribution in [0, 0.1) is 23.2 Å². The van der Waals surface area contributed by atoms with Gasteiger partial charge in [-0.15, -0.1) is 0 Å². The van der Waals surface area contributed by atoms with Gasteiger partial charge in [-0.2, -0.15) is 0 Å². The molecule has 2 saturated carbocycles. The Balaban J connectivity index is 1.91. The van der Waals surface area contributed by atoms with E-state index in [2.05, 4.69) is 18.8 Å². The molecule has 0 aromatic carbocycles. The van der Waals surface area contributed by atoms with Crippen molar-refractivity contribution >= 4 is 5.78 Å². The van der Waals surface area contributed by atoms with Crippen molar-refractivity contribution in [3.63, 3.8) is 0 Å². The quantitative estimate of drug-likeness (QED) is 0.589. The Morgan fingerprint density at radius 2 is 2.28 bits per heavy atom. The lowest BCUT2D eigenvalue weighted by molar-refractivity contribution is -0.136. The molecule has 100 valence electrons. The summed E-state index contributed by atoms with van der Waals surface area (Å²) < 4.78 is 0. The Bertz CT molecular complexity index is 379. The van der Waals surface area contributed by atoms with Gasteiger partial charge in [0.2, 0.25) is 0 Å². The van der Waals surface area contributed by atoms with Crippen LogP contribution in [0.1, 0.15) is 51.9 Å². The molecule has 0 heterocycles. The zero-order valence-corrected chi connectivity index (χ0v) is 11.0. The van der Waals surface area contributed by atoms with E-state index in [4.69, 9.17) is 0 Å². The summed E-state index contributed by atoms with van der Waals surface area (Å²) in [6, 6.07) is 0. The van der Waals surface area contributed by atoms with Crippen molar-refractivity contribution in [1.82, 2.24) is 0 Å². The molecule has 2 aliphatic carbocycles. The first-order chi connectivity index (χ1) is 8.57. The van der Waals surface area contributed by atoms with Gasteiger partial charge in [-0.05, 0) is 25.7 Å². The van der Waals surface area contributed by atoms with Crippen LogP contribution in [0.2, 0.25) is 0 Å². The van der Waals surface area contributed by atoms with Gasteiger partial charge in [-0.3, -0.25) is 4.79 Å². The summed E-state index contributed by atoms with van der Waals surface area (Å²) in [5.41, 5.74) is -0.317. The topological polar surface area (TPSA) is 57.5 Å². The summed E-state index contributed by atoms with van der Waals surface area (Å²) in [5.74, 6) is 6.13. The molecule has 0 aliphatic heterocycles. The number of unbranched alkanes of at least 4 members (excludes halogenated alkanes) is 2. The van der Waals surface area contributed by atoms with E-state index < -0.39 is 12.2 Å². The van der Waals surface area contributed by atoms with E-state index >= 15 is 0 Å². The van der Waals surface area contributed by atoms with Crippen LogP contribution in [0.3, 0.4) is 0 Å². The fraction of sp³-hybridized carbons (Fsp3) is 0.800. The highest BCUT2D eigenvalue weighted by Gasteiger charge is 2.58. The number of hydrogen-bond acceptors (Lipinski definition) is 3. The highest BCUT2D eigenvalue weighted by molar-refractivity contribution is 5.91. The Hall–Kier alpha value is -0.850. The van der Waals surface area contributed by atoms with Gasteiger partial charge in [0.05, 0.1) is 11.5 Å². The molecule has 0 saturated heterocycles. The maximum absolute atomic E-state index is 11.5. The molecular weight excluding hydrogens is 228 g/mol. The number of fused-ring (bicyclic) bond motifs is 1. The van der Waals surface area contributed by atoms with Crippen molar-refractivity contribution in [2.45, 2.75) is 64.1 Å². The van der Waals surface area contributed by atoms with E-state index in [0.29, 0.717) is 25.7 Å². The average Bonchev–Trinajstić information content (AvgIpc) is 2.59. The van der Waals surface area contributed by atoms with Crippen LogP contribution in [0.4, 0.5) is 0 Å². The van der Waals surface area contributed by atoms with Gasteiger partial charge in [-0.25, -0.2) is 0 Å². The molecule has 4 atom stereocenters. The van der Waals surface area contributed by atoms with Gasteiger partial charge in [0.25, 0.3) is 0 Å². The SMILES string of the molecule is CCCCCC(O)C#CC12CC(=O)C1CC(O)C2. The molecule has 4 unspecified atom stereocenters. The van der Waals surface area contributed by atoms with Gasteiger partial charge in [0.1, 0.15) is 11.9 Å². The number of ketones is 1. The number of Topliss-reactive ketones (excluding diaryl/α,β-unsaturated/α-hetero) is 1. The molecule has 2 aliphatic rings. The third-order valence-electron chi connectivity index (χ3n) is 4.22. The Morgan fingerprint density at radius 3 is 2.94 bits per heavy atom. The zero-order chi connectivity index (χ0) is 13.2. The lowest BCUT2D eigenvalue weighted by Gasteiger charge is -2.38. The van der Waals surface area contributed by atoms with Crippen LogP contribution < -0.4 is 0 Å². The molecule has 0 radical (unpaired) electrons. The van der Waals surface area contributed by atoms with Crippen LogP contribution in [0.25, 0.3) is 0 Å². The van der Waals surface area contributed by atoms with Crippen LogP contribution in [0.15, 0.2) is 0 Å². The summed E-state index contributed by atoms with van der Waals surface area (Å²) >= 11 is 0. The molecule has 2 N–H and O–H groups in total. The van der Waals surface area contributed by atoms with Crippen LogP contribution >= 0.6 is 0 Å². The average molecular weight is 250 g/mol. The molecule has 2 rings (SSSR count). The summed E-state index contributed by atoms with van der Waals surface area (Å²) in [4.78, 5) is 11.5. The monoisotopic (exact) mass is 250 g/mol. The minimum atomic E-state index is -0.583. The lowest BCUT2D eigenvalue weighted by Crippen LogP contribution is -2.43. The maximum atomic E-state index is 11.5. The lowest BCUT2D eigenvalue weighted by atomic mass is 9.61. The first-order valence-electron chi connectivity index (χ1n) is 6.99. The van der Waals surface area contributed by atoms with Crippen LogP contribution in [0.5, 0.6) is 0 Å². The van der Waals surface area contributed by atoms with Crippen molar-refractivity contribution in [3.05, 3.63) is 0 Å². The molecule has 0 amide bonds. The van der Waals surface area contributed by atoms with Gasteiger partial charge in [0, 0.05) is 12.3 Å². The predicted molar refractivity (Wildman–Crippen MR) is 68.7 cm³/mol. The number of aliphatic hydroxyl groups excluding tert-OH is 2. The molecule has 3 nitrogen and oxygen atoms in total. The second-order valence-electron chi connectivity index (χ2n) is 5.73. The summed E-state index contributed by atoms with van der Waals surface area (Å²) in [6.07, 6.45) is 4.58. The molecule has 2 fully saturated rings. The van der Waals surface area contributed by atoms with Crippen molar-refractivity contribution < 1.29 is 15.0 Å². The molecule has 0 bridgehead atoms. The number of carbonyl (C=O) groups is 1. The zero-order valence-electron chi connectivity index (χ0n) is 11.0. The normalized spacial score (nSPS) is 35.4. The van der Waals surface area contributed by atoms with E-state index in [1.165, 1.54) is 0 Å². The summed E-state index contributed by atoms with van der Waals surface area (Å²) in [5, 5.41) is 19.4. The number of aliphatic hydroxyl groups is 2. The summed E-state index contributed by atoms with van der Waals surface area (Å²) in [6.45, 7) is 2.13. The maximum Gasteiger partial charge on any atom is 0.139 e. The standard InChI is InChI=1S/C15H22O3/c1-2-3-4-5-11(16)6-7-15-9-12(17)8-13(15)14(18)10-15/h11-13,16-17H,2-5,8-10H2,1H3. The van der Waals surface area contributed by atoms with Crippen molar-refractivity contribution in [2.75, 3.05) is 0 Å². The van der Waals surface area contributed by atoms with E-state index in [0.717, 1.165) is 19.3 Å². The third kappa shape index (κ3) is 2.60. The van der Waals surface area contributed by atoms with Crippen LogP contribution in [-0.2, 0) is 4.79 Å². The number of rotatable bonds is 4. The van der Waals surface area contributed by atoms with E-state index in [9.17, 15) is 15.0 Å². The van der Waals surface area contributed by atoms with E-state index in [1.807, 2.05) is 0 Å². The van der Waals surface area contributed by atoms with Crippen LogP contribution in [-0.4, -0.2) is 28.2 Å². The highest BCUT2D eigenvalue weighted by Crippen LogP contribution is 2.54. The van der Waals surface area contributed by atoms with Crippen molar-refractivity contribution in [1.29, 1.82) is 0 Å². The molecular formula is C15H22O3. The first-order valence-corrected chi connectivity index (χ1v) is 6.99. The highest BCUT2D eigenvalue weighted by atomic mass is 16.3.